The van der Waals surface area contributed by atoms with E-state index in [1.54, 1.807) is 25.1 Å². The van der Waals surface area contributed by atoms with Crippen LogP contribution in [-0.4, -0.2) is 18.4 Å². The molecule has 1 aromatic heterocycles. The fraction of sp³-hybridized carbons (Fsp3) is 0.412. The predicted molar refractivity (Wildman–Crippen MR) is 89.8 cm³/mol. The zero-order chi connectivity index (χ0) is 16.3. The van der Waals surface area contributed by atoms with Crippen molar-refractivity contribution in [2.24, 2.45) is 0 Å². The zero-order valence-corrected chi connectivity index (χ0v) is 14.0. The average molecular weight is 331 g/mol. The molecule has 23 heavy (non-hydrogen) atoms. The summed E-state index contributed by atoms with van der Waals surface area (Å²) in [4.78, 5) is 8.25. The Kier molecular flexibility index (Phi) is 4.61. The van der Waals surface area contributed by atoms with Gasteiger partial charge in [0.1, 0.15) is 0 Å². The number of anilines is 1. The number of hydrogen-bond donors (Lipinski definition) is 1. The quantitative estimate of drug-likeness (QED) is 0.928. The molecule has 1 fully saturated rings. The number of rotatable bonds is 4. The molecule has 2 aromatic rings. The van der Waals surface area contributed by atoms with Gasteiger partial charge in [0.2, 0.25) is 5.95 Å². The molecule has 1 N–H and O–H groups in total. The van der Waals surface area contributed by atoms with Crippen molar-refractivity contribution < 1.29 is 8.42 Å². The van der Waals surface area contributed by atoms with Crippen LogP contribution in [0.4, 0.5) is 5.95 Å². The van der Waals surface area contributed by atoms with E-state index in [1.165, 1.54) is 43.9 Å². The van der Waals surface area contributed by atoms with Gasteiger partial charge in [-0.2, -0.15) is 0 Å². The van der Waals surface area contributed by atoms with Gasteiger partial charge in [0.15, 0.2) is 0 Å². The molecular weight excluding hydrogens is 310 g/mol. The number of aromatic nitrogens is 2. The monoisotopic (exact) mass is 331 g/mol. The van der Waals surface area contributed by atoms with Gasteiger partial charge in [-0.25, -0.2) is 23.1 Å². The van der Waals surface area contributed by atoms with Gasteiger partial charge in [-0.1, -0.05) is 31.4 Å². The van der Waals surface area contributed by atoms with Crippen LogP contribution in [0, 0.1) is 6.92 Å². The number of benzene rings is 1. The molecule has 0 aliphatic heterocycles. The van der Waals surface area contributed by atoms with E-state index in [0.29, 0.717) is 11.6 Å². The van der Waals surface area contributed by atoms with Crippen LogP contribution in [0.3, 0.4) is 0 Å². The van der Waals surface area contributed by atoms with Crippen LogP contribution in [0.5, 0.6) is 0 Å². The summed E-state index contributed by atoms with van der Waals surface area (Å²) >= 11 is 0. The van der Waals surface area contributed by atoms with Crippen LogP contribution in [0.1, 0.15) is 49.3 Å². The summed E-state index contributed by atoms with van der Waals surface area (Å²) in [5.41, 5.74) is 1.95. The van der Waals surface area contributed by atoms with Crippen molar-refractivity contribution in [3.8, 4) is 0 Å². The number of hydrogen-bond acceptors (Lipinski definition) is 4. The summed E-state index contributed by atoms with van der Waals surface area (Å²) < 4.78 is 27.2. The van der Waals surface area contributed by atoms with Gasteiger partial charge >= 0.3 is 0 Å². The Balaban J connectivity index is 1.77. The highest BCUT2D eigenvalue weighted by molar-refractivity contribution is 7.92. The Hall–Kier alpha value is -1.95. The molecule has 1 saturated carbocycles. The highest BCUT2D eigenvalue weighted by Crippen LogP contribution is 2.32. The lowest BCUT2D eigenvalue weighted by atomic mass is 9.84. The van der Waals surface area contributed by atoms with Gasteiger partial charge in [0.25, 0.3) is 10.0 Å². The smallest absolute Gasteiger partial charge is 0.247 e. The second-order valence-electron chi connectivity index (χ2n) is 6.03. The molecule has 1 aromatic carbocycles. The zero-order valence-electron chi connectivity index (χ0n) is 13.2. The normalized spacial score (nSPS) is 16.2. The average Bonchev–Trinajstić information content (AvgIpc) is 2.55. The second kappa shape index (κ2) is 6.66. The summed E-state index contributed by atoms with van der Waals surface area (Å²) in [5.74, 6) is 0.662. The third kappa shape index (κ3) is 3.88. The van der Waals surface area contributed by atoms with Gasteiger partial charge in [-0.3, -0.25) is 0 Å². The Morgan fingerprint density at radius 1 is 1.04 bits per heavy atom. The maximum atomic E-state index is 12.4. The summed E-state index contributed by atoms with van der Waals surface area (Å²) in [6.07, 6.45) is 7.76. The minimum Gasteiger partial charge on any atom is -0.247 e. The Bertz CT molecular complexity index is 767. The maximum Gasteiger partial charge on any atom is 0.264 e. The molecule has 1 aliphatic carbocycles. The Morgan fingerprint density at radius 3 is 2.39 bits per heavy atom. The maximum absolute atomic E-state index is 12.4. The lowest BCUT2D eigenvalue weighted by Gasteiger charge is -2.22. The number of aryl methyl sites for hydroxylation is 1. The van der Waals surface area contributed by atoms with Crippen molar-refractivity contribution in [3.05, 3.63) is 47.8 Å². The minimum atomic E-state index is -3.65. The fourth-order valence-corrected chi connectivity index (χ4v) is 3.98. The molecule has 1 heterocycles. The lowest BCUT2D eigenvalue weighted by Crippen LogP contribution is -2.15. The van der Waals surface area contributed by atoms with Crippen molar-refractivity contribution in [3.63, 3.8) is 0 Å². The molecule has 0 atom stereocenters. The molecule has 0 radical (unpaired) electrons. The van der Waals surface area contributed by atoms with Crippen LogP contribution < -0.4 is 4.72 Å². The van der Waals surface area contributed by atoms with E-state index >= 15 is 0 Å². The Labute approximate surface area is 137 Å². The molecule has 6 heteroatoms. The van der Waals surface area contributed by atoms with Gasteiger partial charge in [0.05, 0.1) is 4.90 Å². The van der Waals surface area contributed by atoms with E-state index in [4.69, 9.17) is 0 Å². The first kappa shape index (κ1) is 15.9. The summed E-state index contributed by atoms with van der Waals surface area (Å²) in [7, 11) is -3.65. The molecule has 122 valence electrons. The molecule has 0 spiro atoms. The van der Waals surface area contributed by atoms with Crippen LogP contribution in [0.2, 0.25) is 0 Å². The molecule has 5 nitrogen and oxygen atoms in total. The summed E-state index contributed by atoms with van der Waals surface area (Å²) in [6, 6.07) is 8.92. The first-order valence-electron chi connectivity index (χ1n) is 7.97. The standard InChI is InChI=1S/C17H21N3O2S/c1-13-11-12-18-17(19-13)20-23(21,22)16-9-7-15(8-10-16)14-5-3-2-4-6-14/h7-12,14H,2-6H2,1H3,(H,18,19,20). The first-order chi connectivity index (χ1) is 11.0. The predicted octanol–water partition coefficient (Wildman–Crippen LogP) is 3.63. The van der Waals surface area contributed by atoms with E-state index in [2.05, 4.69) is 14.7 Å². The lowest BCUT2D eigenvalue weighted by molar-refractivity contribution is 0.443. The van der Waals surface area contributed by atoms with E-state index < -0.39 is 10.0 Å². The molecule has 3 rings (SSSR count). The van der Waals surface area contributed by atoms with E-state index in [-0.39, 0.29) is 10.8 Å². The van der Waals surface area contributed by atoms with Crippen LogP contribution in [0.15, 0.2) is 41.4 Å². The van der Waals surface area contributed by atoms with Crippen molar-refractivity contribution in [2.45, 2.75) is 49.8 Å². The summed E-state index contributed by atoms with van der Waals surface area (Å²) in [6.45, 7) is 1.79. The number of sulfonamides is 1. The van der Waals surface area contributed by atoms with Gasteiger partial charge in [-0.15, -0.1) is 0 Å². The molecule has 0 bridgehead atoms. The van der Waals surface area contributed by atoms with E-state index in [9.17, 15) is 8.42 Å². The highest BCUT2D eigenvalue weighted by Gasteiger charge is 2.18. The van der Waals surface area contributed by atoms with Crippen molar-refractivity contribution in [2.75, 3.05) is 4.72 Å². The van der Waals surface area contributed by atoms with Crippen LogP contribution >= 0.6 is 0 Å². The Morgan fingerprint density at radius 2 is 1.74 bits per heavy atom. The molecular formula is C17H21N3O2S. The third-order valence-corrected chi connectivity index (χ3v) is 5.63. The van der Waals surface area contributed by atoms with Crippen LogP contribution in [0.25, 0.3) is 0 Å². The van der Waals surface area contributed by atoms with Crippen molar-refractivity contribution >= 4 is 16.0 Å². The number of nitrogens with one attached hydrogen (secondary N) is 1. The molecule has 0 amide bonds. The highest BCUT2D eigenvalue weighted by atomic mass is 32.2. The first-order valence-corrected chi connectivity index (χ1v) is 9.45. The van der Waals surface area contributed by atoms with E-state index in [0.717, 1.165) is 0 Å². The molecule has 0 saturated heterocycles. The molecule has 0 unspecified atom stereocenters. The SMILES string of the molecule is Cc1ccnc(NS(=O)(=O)c2ccc(C3CCCCC3)cc2)n1. The minimum absolute atomic E-state index is 0.0985. The largest absolute Gasteiger partial charge is 0.264 e. The third-order valence-electron chi connectivity index (χ3n) is 4.29. The topological polar surface area (TPSA) is 72.0 Å². The van der Waals surface area contributed by atoms with Gasteiger partial charge in [-0.05, 0) is 49.4 Å². The van der Waals surface area contributed by atoms with E-state index in [1.807, 2.05) is 12.1 Å². The van der Waals surface area contributed by atoms with Crippen molar-refractivity contribution in [1.29, 1.82) is 0 Å². The fourth-order valence-electron chi connectivity index (χ4n) is 3.03. The van der Waals surface area contributed by atoms with Crippen LogP contribution in [-0.2, 0) is 10.0 Å². The van der Waals surface area contributed by atoms with Gasteiger partial charge in [0, 0.05) is 11.9 Å². The van der Waals surface area contributed by atoms with Gasteiger partial charge < -0.3 is 0 Å². The molecule has 1 aliphatic rings. The van der Waals surface area contributed by atoms with Crippen molar-refractivity contribution in [1.82, 2.24) is 9.97 Å². The second-order valence-corrected chi connectivity index (χ2v) is 7.71. The summed E-state index contributed by atoms with van der Waals surface area (Å²) in [5, 5.41) is 0. The number of nitrogens with zero attached hydrogens (tertiary/aromatic N) is 2.